The van der Waals surface area contributed by atoms with Gasteiger partial charge in [-0.25, -0.2) is 4.98 Å². The van der Waals surface area contributed by atoms with E-state index in [0.717, 1.165) is 16.3 Å². The first-order chi connectivity index (χ1) is 6.75. The Kier molecular flexibility index (Phi) is 2.69. The highest BCUT2D eigenvalue weighted by Crippen LogP contribution is 2.24. The van der Waals surface area contributed by atoms with Gasteiger partial charge in [-0.15, -0.1) is 11.3 Å². The monoisotopic (exact) mass is 224 g/mol. The predicted octanol–water partition coefficient (Wildman–Crippen LogP) is 0.603. The molecule has 0 radical (unpaired) electrons. The third kappa shape index (κ3) is 2.05. The number of rotatable bonds is 2. The van der Waals surface area contributed by atoms with Crippen molar-refractivity contribution in [2.24, 2.45) is 5.73 Å². The molecule has 1 aromatic heterocycles. The largest absolute Gasteiger partial charge is 0.300 e. The van der Waals surface area contributed by atoms with E-state index >= 15 is 0 Å². The first kappa shape index (κ1) is 9.48. The van der Waals surface area contributed by atoms with Crippen molar-refractivity contribution in [3.05, 3.63) is 29.3 Å². The lowest BCUT2D eigenvalue weighted by atomic mass is 10.3. The van der Waals surface area contributed by atoms with Crippen LogP contribution < -0.4 is 11.1 Å². The van der Waals surface area contributed by atoms with Crippen LogP contribution in [0.25, 0.3) is 10.2 Å². The van der Waals surface area contributed by atoms with Crippen LogP contribution in [0.15, 0.2) is 24.3 Å². The Morgan fingerprint density at radius 2 is 2.29 bits per heavy atom. The summed E-state index contributed by atoms with van der Waals surface area (Å²) in [6.07, 6.45) is 0. The average Bonchev–Trinajstić information content (AvgIpc) is 2.57. The fourth-order valence-corrected chi connectivity index (χ4v) is 2.66. The van der Waals surface area contributed by atoms with Gasteiger partial charge in [0.05, 0.1) is 16.0 Å². The highest BCUT2D eigenvalue weighted by atomic mass is 32.2. The molecular formula is C9H10N3S2+. The Balaban J connectivity index is 2.22. The number of hydrogen-bond acceptors (Lipinski definition) is 3. The zero-order chi connectivity index (χ0) is 9.97. The van der Waals surface area contributed by atoms with Crippen LogP contribution >= 0.6 is 23.1 Å². The van der Waals surface area contributed by atoms with E-state index in [1.165, 1.54) is 16.5 Å². The normalized spacial score (nSPS) is 10.6. The van der Waals surface area contributed by atoms with Crippen LogP contribution in [0.2, 0.25) is 0 Å². The lowest BCUT2D eigenvalue weighted by Crippen LogP contribution is -2.43. The molecule has 1 aromatic carbocycles. The fourth-order valence-electron chi connectivity index (χ4n) is 1.13. The molecule has 0 amide bonds. The molecule has 0 saturated carbocycles. The summed E-state index contributed by atoms with van der Waals surface area (Å²) in [7, 11) is 0. The van der Waals surface area contributed by atoms with Crippen LogP contribution in [0.3, 0.4) is 0 Å². The number of aromatic nitrogens is 1. The maximum Gasteiger partial charge on any atom is 0.300 e. The van der Waals surface area contributed by atoms with Crippen molar-refractivity contribution in [1.82, 2.24) is 4.98 Å². The van der Waals surface area contributed by atoms with Crippen molar-refractivity contribution in [1.29, 1.82) is 0 Å². The van der Waals surface area contributed by atoms with Gasteiger partial charge in [0, 0.05) is 0 Å². The molecule has 5 heteroatoms. The molecule has 0 atom stereocenters. The van der Waals surface area contributed by atoms with Gasteiger partial charge in [0.15, 0.2) is 0 Å². The number of thiazole rings is 1. The Bertz CT molecular complexity index is 431. The van der Waals surface area contributed by atoms with Crippen molar-refractivity contribution in [3.63, 3.8) is 0 Å². The summed E-state index contributed by atoms with van der Waals surface area (Å²) < 4.78 is 1.21. The Morgan fingerprint density at radius 3 is 3.00 bits per heavy atom. The molecule has 0 saturated heterocycles. The molecule has 0 bridgehead atoms. The number of hydrogen-bond donors (Lipinski definition) is 2. The van der Waals surface area contributed by atoms with Gasteiger partial charge >= 0.3 is 0 Å². The van der Waals surface area contributed by atoms with Crippen LogP contribution in [0, 0.1) is 0 Å². The Morgan fingerprint density at radius 1 is 1.50 bits per heavy atom. The van der Waals surface area contributed by atoms with Gasteiger partial charge in [-0.3, -0.25) is 11.1 Å². The van der Waals surface area contributed by atoms with E-state index in [1.807, 2.05) is 18.2 Å². The molecule has 1 heterocycles. The van der Waals surface area contributed by atoms with Crippen molar-refractivity contribution >= 4 is 38.5 Å². The fraction of sp³-hybridized carbons (Fsp3) is 0.111. The van der Waals surface area contributed by atoms with Gasteiger partial charge in [-0.2, -0.15) is 0 Å². The van der Waals surface area contributed by atoms with Crippen LogP contribution in [0.4, 0.5) is 0 Å². The van der Waals surface area contributed by atoms with Gasteiger partial charge < -0.3 is 0 Å². The predicted molar refractivity (Wildman–Crippen MR) is 62.0 cm³/mol. The molecule has 2 rings (SSSR count). The van der Waals surface area contributed by atoms with Gasteiger partial charge in [0.1, 0.15) is 5.01 Å². The number of amidine groups is 1. The summed E-state index contributed by atoms with van der Waals surface area (Å²) in [5.74, 6) is 0.752. The van der Waals surface area contributed by atoms with E-state index in [4.69, 9.17) is 11.1 Å². The molecule has 14 heavy (non-hydrogen) atoms. The molecular weight excluding hydrogens is 214 g/mol. The second-order valence-corrected chi connectivity index (χ2v) is 4.93. The standard InChI is InChI=1S/C9H9N3S2/c10-9(11)13-5-8-12-6-3-1-2-4-7(6)14-8/h1-4H,5H2,(H3,10,11)/p+1. The molecule has 0 spiro atoms. The highest BCUT2D eigenvalue weighted by molar-refractivity contribution is 8.12. The summed E-state index contributed by atoms with van der Waals surface area (Å²) in [4.78, 5) is 4.46. The zero-order valence-electron chi connectivity index (χ0n) is 7.43. The molecule has 0 fully saturated rings. The highest BCUT2D eigenvalue weighted by Gasteiger charge is 2.05. The number of nitrogens with zero attached hydrogens (tertiary/aromatic N) is 1. The van der Waals surface area contributed by atoms with Crippen LogP contribution in [0.5, 0.6) is 0 Å². The molecule has 3 nitrogen and oxygen atoms in total. The Hall–Kier alpha value is -1.07. The molecule has 0 unspecified atom stereocenters. The molecule has 4 N–H and O–H groups in total. The van der Waals surface area contributed by atoms with Crippen LogP contribution in [0.1, 0.15) is 5.01 Å². The minimum Gasteiger partial charge on any atom is -0.282 e. The van der Waals surface area contributed by atoms with Gasteiger partial charge in [-0.05, 0) is 23.9 Å². The summed E-state index contributed by atoms with van der Waals surface area (Å²) >= 11 is 3.10. The minimum atomic E-state index is 0.393. The Labute approximate surface area is 89.9 Å². The number of thioether (sulfide) groups is 1. The average molecular weight is 224 g/mol. The number of para-hydroxylation sites is 1. The second kappa shape index (κ2) is 3.98. The second-order valence-electron chi connectivity index (χ2n) is 2.77. The van der Waals surface area contributed by atoms with Gasteiger partial charge in [0.2, 0.25) is 0 Å². The van der Waals surface area contributed by atoms with Crippen LogP contribution in [-0.4, -0.2) is 10.2 Å². The topological polar surface area (TPSA) is 64.5 Å². The number of nitrogens with two attached hydrogens (primary N) is 2. The summed E-state index contributed by atoms with van der Waals surface area (Å²) in [6, 6.07) is 8.08. The van der Waals surface area contributed by atoms with Gasteiger partial charge in [-0.1, -0.05) is 12.1 Å². The number of fused-ring (bicyclic) bond motifs is 1. The smallest absolute Gasteiger partial charge is 0.282 e. The first-order valence-electron chi connectivity index (χ1n) is 4.11. The minimum absolute atomic E-state index is 0.393. The quantitative estimate of drug-likeness (QED) is 0.580. The third-order valence-corrected chi connectivity index (χ3v) is 3.67. The van der Waals surface area contributed by atoms with E-state index in [1.54, 1.807) is 11.3 Å². The van der Waals surface area contributed by atoms with Gasteiger partial charge in [0.25, 0.3) is 5.17 Å². The summed E-state index contributed by atoms with van der Waals surface area (Å²) in [5, 5.41) is 6.82. The van der Waals surface area contributed by atoms with Crippen LogP contribution in [-0.2, 0) is 5.75 Å². The molecule has 72 valence electrons. The lowest BCUT2D eigenvalue weighted by molar-refractivity contribution is -0.110. The maximum absolute atomic E-state index is 5.37. The summed E-state index contributed by atoms with van der Waals surface area (Å²) in [6.45, 7) is 0. The van der Waals surface area contributed by atoms with E-state index in [2.05, 4.69) is 11.1 Å². The molecule has 0 aliphatic carbocycles. The van der Waals surface area contributed by atoms with E-state index in [9.17, 15) is 0 Å². The SMILES string of the molecule is NC(=[NH2+])SCc1nc2ccccc2s1. The molecule has 0 aliphatic heterocycles. The van der Waals surface area contributed by atoms with Crippen molar-refractivity contribution < 1.29 is 5.41 Å². The first-order valence-corrected chi connectivity index (χ1v) is 5.91. The van der Waals surface area contributed by atoms with Crippen molar-refractivity contribution in [2.75, 3.05) is 0 Å². The molecule has 0 aliphatic rings. The van der Waals surface area contributed by atoms with E-state index < -0.39 is 0 Å². The van der Waals surface area contributed by atoms with Crippen molar-refractivity contribution in [2.45, 2.75) is 5.75 Å². The molecule has 2 aromatic rings. The third-order valence-electron chi connectivity index (χ3n) is 1.70. The lowest BCUT2D eigenvalue weighted by Gasteiger charge is -1.88. The zero-order valence-corrected chi connectivity index (χ0v) is 9.07. The maximum atomic E-state index is 5.37. The number of benzene rings is 1. The van der Waals surface area contributed by atoms with Crippen molar-refractivity contribution in [3.8, 4) is 0 Å². The van der Waals surface area contributed by atoms with E-state index in [0.29, 0.717) is 5.17 Å². The van der Waals surface area contributed by atoms with E-state index in [-0.39, 0.29) is 0 Å². The summed E-state index contributed by atoms with van der Waals surface area (Å²) in [5.41, 5.74) is 6.41.